The van der Waals surface area contributed by atoms with Crippen LogP contribution in [0.1, 0.15) is 38.5 Å². The van der Waals surface area contributed by atoms with Gasteiger partial charge in [0, 0.05) is 12.5 Å². The van der Waals surface area contributed by atoms with Crippen molar-refractivity contribution in [3.63, 3.8) is 0 Å². The van der Waals surface area contributed by atoms with Gasteiger partial charge in [0.25, 0.3) is 0 Å². The first kappa shape index (κ1) is 12.7. The molecule has 0 heterocycles. The minimum absolute atomic E-state index is 0. The molecule has 0 radical (unpaired) electrons. The summed E-state index contributed by atoms with van der Waals surface area (Å²) in [5, 5.41) is 8.47. The van der Waals surface area contributed by atoms with E-state index in [-0.39, 0.29) is 12.4 Å². The van der Waals surface area contributed by atoms with Gasteiger partial charge in [0.1, 0.15) is 0 Å². The van der Waals surface area contributed by atoms with Gasteiger partial charge in [0.15, 0.2) is 0 Å². The van der Waals surface area contributed by atoms with Gasteiger partial charge in [0.2, 0.25) is 0 Å². The molecule has 0 spiro atoms. The molecule has 1 fully saturated rings. The molecule has 13 heavy (non-hydrogen) atoms. The molecule has 0 unspecified atom stereocenters. The maximum absolute atomic E-state index is 10.3. The quantitative estimate of drug-likeness (QED) is 0.742. The van der Waals surface area contributed by atoms with Crippen molar-refractivity contribution in [1.82, 2.24) is 0 Å². The van der Waals surface area contributed by atoms with E-state index in [2.05, 4.69) is 0 Å². The van der Waals surface area contributed by atoms with E-state index in [0.29, 0.717) is 18.4 Å². The van der Waals surface area contributed by atoms with E-state index in [1.165, 1.54) is 0 Å². The van der Waals surface area contributed by atoms with Crippen LogP contribution in [-0.2, 0) is 4.79 Å². The predicted molar refractivity (Wildman–Crippen MR) is 54.1 cm³/mol. The lowest BCUT2D eigenvalue weighted by Crippen LogP contribution is -2.26. The fourth-order valence-electron chi connectivity index (χ4n) is 1.80. The Balaban J connectivity index is 0.00000144. The van der Waals surface area contributed by atoms with Crippen LogP contribution in [0.3, 0.4) is 0 Å². The number of carboxylic acid groups (broad SMARTS) is 1. The second kappa shape index (κ2) is 6.22. The molecule has 78 valence electrons. The summed E-state index contributed by atoms with van der Waals surface area (Å²) >= 11 is 0. The second-order valence-electron chi connectivity index (χ2n) is 3.71. The predicted octanol–water partition coefficient (Wildman–Crippen LogP) is 1.79. The summed E-state index contributed by atoms with van der Waals surface area (Å²) < 4.78 is 0. The zero-order valence-corrected chi connectivity index (χ0v) is 8.55. The molecule has 1 saturated carbocycles. The molecule has 0 saturated heterocycles. The van der Waals surface area contributed by atoms with Gasteiger partial charge >= 0.3 is 5.97 Å². The lowest BCUT2D eigenvalue weighted by Gasteiger charge is -2.25. The van der Waals surface area contributed by atoms with Gasteiger partial charge < -0.3 is 10.8 Å². The molecule has 0 amide bonds. The van der Waals surface area contributed by atoms with Crippen molar-refractivity contribution in [3.05, 3.63) is 0 Å². The van der Waals surface area contributed by atoms with E-state index in [0.717, 1.165) is 32.1 Å². The summed E-state index contributed by atoms with van der Waals surface area (Å²) in [5.41, 5.74) is 5.74. The fourth-order valence-corrected chi connectivity index (χ4v) is 1.80. The molecule has 0 aromatic rings. The van der Waals surface area contributed by atoms with Crippen molar-refractivity contribution < 1.29 is 9.90 Å². The third-order valence-electron chi connectivity index (χ3n) is 2.66. The van der Waals surface area contributed by atoms with Crippen LogP contribution in [0.2, 0.25) is 0 Å². The Hall–Kier alpha value is -0.280. The number of rotatable bonds is 3. The van der Waals surface area contributed by atoms with E-state index < -0.39 is 5.97 Å². The number of nitrogens with two attached hydrogens (primary N) is 1. The molecule has 1 aliphatic rings. The van der Waals surface area contributed by atoms with Gasteiger partial charge in [-0.05, 0) is 38.0 Å². The van der Waals surface area contributed by atoms with Crippen molar-refractivity contribution in [2.45, 2.75) is 44.6 Å². The van der Waals surface area contributed by atoms with Crippen LogP contribution in [0.4, 0.5) is 0 Å². The minimum atomic E-state index is -0.676. The van der Waals surface area contributed by atoms with Crippen LogP contribution in [0.15, 0.2) is 0 Å². The van der Waals surface area contributed by atoms with Crippen LogP contribution >= 0.6 is 12.4 Å². The maximum Gasteiger partial charge on any atom is 0.303 e. The van der Waals surface area contributed by atoms with Crippen molar-refractivity contribution >= 4 is 18.4 Å². The minimum Gasteiger partial charge on any atom is -0.481 e. The number of aliphatic carboxylic acids is 1. The Morgan fingerprint density at radius 1 is 1.31 bits per heavy atom. The van der Waals surface area contributed by atoms with Crippen LogP contribution in [0.5, 0.6) is 0 Å². The van der Waals surface area contributed by atoms with Crippen LogP contribution < -0.4 is 5.73 Å². The smallest absolute Gasteiger partial charge is 0.303 e. The second-order valence-corrected chi connectivity index (χ2v) is 3.71. The van der Waals surface area contributed by atoms with E-state index >= 15 is 0 Å². The number of halogens is 1. The lowest BCUT2D eigenvalue weighted by molar-refractivity contribution is -0.137. The molecule has 0 aliphatic heterocycles. The maximum atomic E-state index is 10.3. The van der Waals surface area contributed by atoms with E-state index in [1.54, 1.807) is 0 Å². The monoisotopic (exact) mass is 207 g/mol. The van der Waals surface area contributed by atoms with E-state index in [1.807, 2.05) is 0 Å². The van der Waals surface area contributed by atoms with Crippen molar-refractivity contribution in [3.8, 4) is 0 Å². The summed E-state index contributed by atoms with van der Waals surface area (Å²) in [5.74, 6) is -0.0641. The molecular formula is C9H18ClNO2. The summed E-state index contributed by atoms with van der Waals surface area (Å²) in [6.45, 7) is 0. The highest BCUT2D eigenvalue weighted by Crippen LogP contribution is 2.26. The third kappa shape index (κ3) is 5.11. The third-order valence-corrected chi connectivity index (χ3v) is 2.66. The largest absolute Gasteiger partial charge is 0.481 e. The first-order chi connectivity index (χ1) is 5.68. The Kier molecular flexibility index (Phi) is 6.08. The standard InChI is InChI=1S/C9H17NO2.ClH/c10-8-4-1-7(2-5-8)3-6-9(11)12;/h7-8H,1-6,10H2,(H,11,12);1H/t7-,8-;. The normalized spacial score (nSPS) is 27.8. The van der Waals surface area contributed by atoms with Gasteiger partial charge in [-0.2, -0.15) is 0 Å². The fraction of sp³-hybridized carbons (Fsp3) is 0.889. The molecule has 4 heteroatoms. The van der Waals surface area contributed by atoms with Crippen molar-refractivity contribution in [2.24, 2.45) is 11.7 Å². The molecule has 3 N–H and O–H groups in total. The molecule has 0 aromatic carbocycles. The SMILES string of the molecule is Cl.N[C@H]1CC[C@H](CCC(=O)O)CC1. The van der Waals surface area contributed by atoms with Gasteiger partial charge in [-0.1, -0.05) is 0 Å². The summed E-state index contributed by atoms with van der Waals surface area (Å²) in [6.07, 6.45) is 5.54. The number of hydrogen-bond acceptors (Lipinski definition) is 2. The Morgan fingerprint density at radius 2 is 1.85 bits per heavy atom. The van der Waals surface area contributed by atoms with E-state index in [4.69, 9.17) is 10.8 Å². The van der Waals surface area contributed by atoms with Crippen LogP contribution in [0, 0.1) is 5.92 Å². The highest BCUT2D eigenvalue weighted by molar-refractivity contribution is 5.85. The van der Waals surface area contributed by atoms with Gasteiger partial charge in [-0.25, -0.2) is 0 Å². The lowest BCUT2D eigenvalue weighted by atomic mass is 9.84. The first-order valence-electron chi connectivity index (χ1n) is 4.66. The molecule has 0 atom stereocenters. The first-order valence-corrected chi connectivity index (χ1v) is 4.66. The van der Waals surface area contributed by atoms with Crippen molar-refractivity contribution in [1.29, 1.82) is 0 Å². The summed E-state index contributed by atoms with van der Waals surface area (Å²) in [4.78, 5) is 10.3. The number of hydrogen-bond donors (Lipinski definition) is 2. The highest BCUT2D eigenvalue weighted by Gasteiger charge is 2.18. The number of carbonyl (C=O) groups is 1. The molecule has 3 nitrogen and oxygen atoms in total. The van der Waals surface area contributed by atoms with Crippen molar-refractivity contribution in [2.75, 3.05) is 0 Å². The average molecular weight is 208 g/mol. The Morgan fingerprint density at radius 3 is 2.31 bits per heavy atom. The number of carboxylic acids is 1. The van der Waals surface area contributed by atoms with Gasteiger partial charge in [-0.3, -0.25) is 4.79 Å². The Bertz CT molecular complexity index is 156. The molecule has 0 bridgehead atoms. The summed E-state index contributed by atoms with van der Waals surface area (Å²) in [6, 6.07) is 0.367. The topological polar surface area (TPSA) is 63.3 Å². The van der Waals surface area contributed by atoms with E-state index in [9.17, 15) is 4.79 Å². The summed E-state index contributed by atoms with van der Waals surface area (Å²) in [7, 11) is 0. The average Bonchev–Trinajstić information content (AvgIpc) is 2.03. The molecule has 1 rings (SSSR count). The Labute approximate surface area is 85.1 Å². The van der Waals surface area contributed by atoms with Crippen LogP contribution in [-0.4, -0.2) is 17.1 Å². The van der Waals surface area contributed by atoms with Crippen LogP contribution in [0.25, 0.3) is 0 Å². The highest BCUT2D eigenvalue weighted by atomic mass is 35.5. The zero-order valence-electron chi connectivity index (χ0n) is 7.74. The van der Waals surface area contributed by atoms with Gasteiger partial charge in [-0.15, -0.1) is 12.4 Å². The molecule has 1 aliphatic carbocycles. The van der Waals surface area contributed by atoms with Gasteiger partial charge in [0.05, 0.1) is 0 Å². The zero-order chi connectivity index (χ0) is 8.97. The molecule has 0 aromatic heterocycles. The molecular weight excluding hydrogens is 190 g/mol.